The maximum absolute atomic E-state index is 10.8. The summed E-state index contributed by atoms with van der Waals surface area (Å²) in [5.74, 6) is 0.221. The molecule has 1 amide bonds. The molecule has 19 heavy (non-hydrogen) atoms. The molecule has 0 aromatic heterocycles. The molecule has 1 aromatic rings. The molecule has 1 aromatic carbocycles. The summed E-state index contributed by atoms with van der Waals surface area (Å²) >= 11 is 0. The predicted octanol–water partition coefficient (Wildman–Crippen LogP) is 0.782. The van der Waals surface area contributed by atoms with Crippen molar-refractivity contribution in [2.24, 2.45) is 0 Å². The number of amides is 1. The second-order valence-electron chi connectivity index (χ2n) is 4.09. The van der Waals surface area contributed by atoms with Crippen LogP contribution in [-0.2, 0) is 4.79 Å². The lowest BCUT2D eigenvalue weighted by molar-refractivity contribution is -0.119. The summed E-state index contributed by atoms with van der Waals surface area (Å²) in [6, 6.07) is 6.88. The Kier molecular flexibility index (Phi) is 6.05. The number of aliphatic hydroxyl groups excluding tert-OH is 2. The Morgan fingerprint density at radius 1 is 1.47 bits per heavy atom. The first-order chi connectivity index (χ1) is 9.06. The molecule has 0 aliphatic rings. The fourth-order valence-electron chi connectivity index (χ4n) is 1.57. The molecule has 104 valence electrons. The maximum Gasteiger partial charge on any atom is 0.216 e. The highest BCUT2D eigenvalue weighted by Crippen LogP contribution is 2.27. The molecule has 0 spiro atoms. The van der Waals surface area contributed by atoms with E-state index >= 15 is 0 Å². The van der Waals surface area contributed by atoms with Crippen molar-refractivity contribution in [1.82, 2.24) is 5.32 Å². The molecule has 2 atom stereocenters. The third-order valence-electron chi connectivity index (χ3n) is 2.52. The summed E-state index contributed by atoms with van der Waals surface area (Å²) in [5.41, 5.74) is 0.474. The molecule has 1 rings (SSSR count). The molecule has 0 aliphatic carbocycles. The summed E-state index contributed by atoms with van der Waals surface area (Å²) in [6.07, 6.45) is -0.637. The van der Waals surface area contributed by atoms with Crippen molar-refractivity contribution in [2.75, 3.05) is 13.2 Å². The zero-order valence-corrected chi connectivity index (χ0v) is 10.9. The van der Waals surface area contributed by atoms with Crippen LogP contribution in [0, 0.1) is 0 Å². The van der Waals surface area contributed by atoms with E-state index in [1.54, 1.807) is 30.3 Å². The van der Waals surface area contributed by atoms with Crippen LogP contribution in [0.1, 0.15) is 18.6 Å². The topological polar surface area (TPSA) is 78.8 Å². The van der Waals surface area contributed by atoms with Gasteiger partial charge in [0.1, 0.15) is 24.6 Å². The van der Waals surface area contributed by atoms with Gasteiger partial charge < -0.3 is 20.3 Å². The Morgan fingerprint density at radius 3 is 2.79 bits per heavy atom. The standard InChI is InChI=1S/C14H19NO4/c1-3-8-19-13-7-5-4-6-11(13)14(18)12(17)9-15-10(2)16/h3-7,12,14,17-18H,1,8-9H2,2H3,(H,15,16). The second kappa shape index (κ2) is 7.56. The van der Waals surface area contributed by atoms with E-state index in [0.717, 1.165) is 0 Å². The second-order valence-corrected chi connectivity index (χ2v) is 4.09. The number of carbonyl (C=O) groups excluding carboxylic acids is 1. The van der Waals surface area contributed by atoms with Gasteiger partial charge in [-0.25, -0.2) is 0 Å². The van der Waals surface area contributed by atoms with E-state index in [1.165, 1.54) is 6.92 Å². The normalized spacial score (nSPS) is 13.4. The largest absolute Gasteiger partial charge is 0.489 e. The molecule has 3 N–H and O–H groups in total. The average Bonchev–Trinajstić information content (AvgIpc) is 2.42. The van der Waals surface area contributed by atoms with Gasteiger partial charge in [-0.3, -0.25) is 4.79 Å². The molecule has 2 unspecified atom stereocenters. The van der Waals surface area contributed by atoms with Gasteiger partial charge in [0.2, 0.25) is 5.91 Å². The van der Waals surface area contributed by atoms with Crippen LogP contribution < -0.4 is 10.1 Å². The van der Waals surface area contributed by atoms with Crippen LogP contribution >= 0.6 is 0 Å². The molecular formula is C14H19NO4. The summed E-state index contributed by atoms with van der Waals surface area (Å²) in [7, 11) is 0. The smallest absolute Gasteiger partial charge is 0.216 e. The predicted molar refractivity (Wildman–Crippen MR) is 71.8 cm³/mol. The molecule has 0 saturated heterocycles. The van der Waals surface area contributed by atoms with Crippen molar-refractivity contribution in [1.29, 1.82) is 0 Å². The number of aliphatic hydroxyl groups is 2. The van der Waals surface area contributed by atoms with Crippen LogP contribution in [0.2, 0.25) is 0 Å². The van der Waals surface area contributed by atoms with Crippen molar-refractivity contribution >= 4 is 5.91 Å². The lowest BCUT2D eigenvalue weighted by Crippen LogP contribution is -2.34. The number of rotatable bonds is 7. The fraction of sp³-hybridized carbons (Fsp3) is 0.357. The molecule has 0 saturated carbocycles. The van der Waals surface area contributed by atoms with Gasteiger partial charge in [0.15, 0.2) is 0 Å². The van der Waals surface area contributed by atoms with Crippen LogP contribution in [0.4, 0.5) is 0 Å². The number of para-hydroxylation sites is 1. The van der Waals surface area contributed by atoms with Gasteiger partial charge in [-0.05, 0) is 6.07 Å². The van der Waals surface area contributed by atoms with Gasteiger partial charge >= 0.3 is 0 Å². The third-order valence-corrected chi connectivity index (χ3v) is 2.52. The minimum absolute atomic E-state index is 0.0215. The number of ether oxygens (including phenoxy) is 1. The molecule has 0 fully saturated rings. The number of hydrogen-bond donors (Lipinski definition) is 3. The van der Waals surface area contributed by atoms with Gasteiger partial charge in [0.25, 0.3) is 0 Å². The van der Waals surface area contributed by atoms with E-state index in [4.69, 9.17) is 4.74 Å². The minimum atomic E-state index is -1.13. The van der Waals surface area contributed by atoms with Gasteiger partial charge in [-0.15, -0.1) is 0 Å². The van der Waals surface area contributed by atoms with Gasteiger partial charge in [-0.2, -0.15) is 0 Å². The van der Waals surface area contributed by atoms with E-state index < -0.39 is 12.2 Å². The van der Waals surface area contributed by atoms with Crippen molar-refractivity contribution in [2.45, 2.75) is 19.1 Å². The Balaban J connectivity index is 2.76. The number of nitrogens with one attached hydrogen (secondary N) is 1. The van der Waals surface area contributed by atoms with Gasteiger partial charge in [0, 0.05) is 19.0 Å². The quantitative estimate of drug-likeness (QED) is 0.637. The Morgan fingerprint density at radius 2 is 2.16 bits per heavy atom. The van der Waals surface area contributed by atoms with E-state index in [0.29, 0.717) is 17.9 Å². The summed E-state index contributed by atoms with van der Waals surface area (Å²) in [5, 5.41) is 22.4. The average molecular weight is 265 g/mol. The number of hydrogen-bond acceptors (Lipinski definition) is 4. The zero-order chi connectivity index (χ0) is 14.3. The fourth-order valence-corrected chi connectivity index (χ4v) is 1.57. The monoisotopic (exact) mass is 265 g/mol. The highest BCUT2D eigenvalue weighted by Gasteiger charge is 2.21. The molecule has 0 heterocycles. The van der Waals surface area contributed by atoms with Crippen molar-refractivity contribution in [3.05, 3.63) is 42.5 Å². The highest BCUT2D eigenvalue weighted by atomic mass is 16.5. The molecule has 0 aliphatic heterocycles. The molecule has 0 radical (unpaired) electrons. The maximum atomic E-state index is 10.8. The lowest BCUT2D eigenvalue weighted by Gasteiger charge is -2.20. The Bertz CT molecular complexity index is 433. The molecule has 5 nitrogen and oxygen atoms in total. The van der Waals surface area contributed by atoms with Crippen LogP contribution in [0.3, 0.4) is 0 Å². The van der Waals surface area contributed by atoms with Crippen molar-refractivity contribution in [3.63, 3.8) is 0 Å². The van der Waals surface area contributed by atoms with Gasteiger partial charge in [-0.1, -0.05) is 30.9 Å². The molecular weight excluding hydrogens is 246 g/mol. The third kappa shape index (κ3) is 4.73. The zero-order valence-electron chi connectivity index (χ0n) is 10.9. The van der Waals surface area contributed by atoms with Crippen LogP contribution in [0.15, 0.2) is 36.9 Å². The lowest BCUT2D eigenvalue weighted by atomic mass is 10.0. The molecule has 5 heteroatoms. The van der Waals surface area contributed by atoms with Crippen LogP contribution in [0.25, 0.3) is 0 Å². The summed E-state index contributed by atoms with van der Waals surface area (Å²) in [6.45, 7) is 5.19. The highest BCUT2D eigenvalue weighted by molar-refractivity contribution is 5.72. The minimum Gasteiger partial charge on any atom is -0.489 e. The number of benzene rings is 1. The van der Waals surface area contributed by atoms with E-state index in [-0.39, 0.29) is 12.5 Å². The van der Waals surface area contributed by atoms with Crippen molar-refractivity contribution < 1.29 is 19.7 Å². The van der Waals surface area contributed by atoms with Crippen LogP contribution in [-0.4, -0.2) is 35.4 Å². The summed E-state index contributed by atoms with van der Waals surface area (Å²) < 4.78 is 5.41. The van der Waals surface area contributed by atoms with Crippen LogP contribution in [0.5, 0.6) is 5.75 Å². The van der Waals surface area contributed by atoms with Crippen molar-refractivity contribution in [3.8, 4) is 5.75 Å². The Labute approximate surface area is 112 Å². The van der Waals surface area contributed by atoms with E-state index in [1.807, 2.05) is 0 Å². The Hall–Kier alpha value is -1.85. The van der Waals surface area contributed by atoms with Gasteiger partial charge in [0.05, 0.1) is 0 Å². The first-order valence-corrected chi connectivity index (χ1v) is 5.99. The molecule has 0 bridgehead atoms. The summed E-state index contributed by atoms with van der Waals surface area (Å²) in [4.78, 5) is 10.8. The first-order valence-electron chi connectivity index (χ1n) is 5.99. The van der Waals surface area contributed by atoms with E-state index in [9.17, 15) is 15.0 Å². The number of carbonyl (C=O) groups is 1. The SMILES string of the molecule is C=CCOc1ccccc1C(O)C(O)CNC(C)=O. The first kappa shape index (κ1) is 15.2. The van der Waals surface area contributed by atoms with E-state index in [2.05, 4.69) is 11.9 Å².